The average molecular weight is 525 g/mol. The molecule has 0 spiro atoms. The Bertz CT molecular complexity index is 1010. The largest absolute Gasteiger partial charge is 0.361 e. The van der Waals surface area contributed by atoms with E-state index < -0.39 is 0 Å². The number of guanidine groups is 1. The minimum Gasteiger partial charge on any atom is -0.361 e. The van der Waals surface area contributed by atoms with Gasteiger partial charge in [0.15, 0.2) is 11.8 Å². The van der Waals surface area contributed by atoms with Crippen molar-refractivity contribution in [1.82, 2.24) is 30.4 Å². The number of nitrogens with zero attached hydrogens (tertiary/aromatic N) is 4. The van der Waals surface area contributed by atoms with Crippen molar-refractivity contribution in [3.63, 3.8) is 0 Å². The van der Waals surface area contributed by atoms with Gasteiger partial charge in [-0.05, 0) is 43.5 Å². The van der Waals surface area contributed by atoms with E-state index in [-0.39, 0.29) is 35.8 Å². The third kappa shape index (κ3) is 5.11. The smallest absolute Gasteiger partial charge is 0.191 e. The lowest BCUT2D eigenvalue weighted by Crippen LogP contribution is -2.47. The van der Waals surface area contributed by atoms with Gasteiger partial charge in [-0.3, -0.25) is 4.99 Å². The Balaban J connectivity index is 0.00000256. The number of halogens is 2. The molecule has 162 valence electrons. The van der Waals surface area contributed by atoms with E-state index in [0.29, 0.717) is 6.54 Å². The molecule has 0 saturated carbocycles. The molecule has 9 heteroatoms. The summed E-state index contributed by atoms with van der Waals surface area (Å²) in [5, 5.41) is 12.4. The molecule has 0 aliphatic carbocycles. The van der Waals surface area contributed by atoms with Crippen molar-refractivity contribution < 1.29 is 4.39 Å². The Kier molecular flexibility index (Phi) is 7.68. The van der Waals surface area contributed by atoms with Crippen LogP contribution in [0.15, 0.2) is 29.4 Å². The summed E-state index contributed by atoms with van der Waals surface area (Å²) in [5.74, 6) is 2.58. The molecule has 4 rings (SSSR count). The number of hydrogen-bond acceptors (Lipinski definition) is 3. The highest BCUT2D eigenvalue weighted by Crippen LogP contribution is 2.20. The van der Waals surface area contributed by atoms with Crippen LogP contribution in [0.25, 0.3) is 10.9 Å². The first-order valence-electron chi connectivity index (χ1n) is 10.4. The number of hydrogen-bond donors (Lipinski definition) is 3. The fraction of sp³-hybridized carbons (Fsp3) is 0.476. The number of aliphatic imine (C=N–C) groups is 1. The van der Waals surface area contributed by atoms with Crippen LogP contribution >= 0.6 is 24.0 Å². The highest BCUT2D eigenvalue weighted by Gasteiger charge is 2.22. The molecule has 7 nitrogen and oxygen atoms in total. The van der Waals surface area contributed by atoms with E-state index >= 15 is 0 Å². The van der Waals surface area contributed by atoms with Crippen LogP contribution in [0.5, 0.6) is 0 Å². The third-order valence-corrected chi connectivity index (χ3v) is 5.28. The molecule has 1 atom stereocenters. The van der Waals surface area contributed by atoms with Crippen LogP contribution in [0.1, 0.15) is 37.5 Å². The van der Waals surface area contributed by atoms with Crippen LogP contribution in [0.3, 0.4) is 0 Å². The molecule has 0 bridgehead atoms. The first-order chi connectivity index (χ1) is 14.2. The summed E-state index contributed by atoms with van der Waals surface area (Å²) in [7, 11) is 0. The average Bonchev–Trinajstić information content (AvgIpc) is 3.31. The van der Waals surface area contributed by atoms with Crippen molar-refractivity contribution in [3.05, 3.63) is 47.4 Å². The van der Waals surface area contributed by atoms with Gasteiger partial charge in [0, 0.05) is 49.1 Å². The topological polar surface area (TPSA) is 82.9 Å². The summed E-state index contributed by atoms with van der Waals surface area (Å²) in [6.07, 6.45) is 5.48. The fourth-order valence-electron chi connectivity index (χ4n) is 3.79. The summed E-state index contributed by atoms with van der Waals surface area (Å²) in [6.45, 7) is 6.36. The maximum atomic E-state index is 13.6. The van der Waals surface area contributed by atoms with Gasteiger partial charge in [0.05, 0.1) is 6.54 Å². The van der Waals surface area contributed by atoms with E-state index in [2.05, 4.69) is 39.5 Å². The number of aromatic amines is 1. The molecule has 1 unspecified atom stereocenters. The second-order valence-corrected chi connectivity index (χ2v) is 7.37. The lowest BCUT2D eigenvalue weighted by Gasteiger charge is -2.25. The lowest BCUT2D eigenvalue weighted by molar-refractivity contribution is 0.392. The second-order valence-electron chi connectivity index (χ2n) is 7.37. The summed E-state index contributed by atoms with van der Waals surface area (Å²) in [4.78, 5) is 12.5. The molecule has 1 aliphatic rings. The molecule has 3 N–H and O–H groups in total. The van der Waals surface area contributed by atoms with Gasteiger partial charge in [-0.15, -0.1) is 24.0 Å². The molecule has 1 aliphatic heterocycles. The van der Waals surface area contributed by atoms with Crippen LogP contribution in [0.2, 0.25) is 0 Å². The number of H-pyrrole nitrogens is 1. The third-order valence-electron chi connectivity index (χ3n) is 5.28. The molecule has 1 aromatic carbocycles. The minimum atomic E-state index is -0.215. The van der Waals surface area contributed by atoms with Gasteiger partial charge in [-0.2, -0.15) is 5.10 Å². The molecule has 2 aromatic heterocycles. The predicted molar refractivity (Wildman–Crippen MR) is 128 cm³/mol. The van der Waals surface area contributed by atoms with Gasteiger partial charge in [0.25, 0.3) is 0 Å². The van der Waals surface area contributed by atoms with Gasteiger partial charge in [-0.1, -0.05) is 6.92 Å². The number of rotatable bonds is 6. The van der Waals surface area contributed by atoms with Gasteiger partial charge in [0.2, 0.25) is 0 Å². The number of fused-ring (bicyclic) bond motifs is 2. The SMILES string of the molecule is CCNC(=NCCc1c[nH]c2ccc(F)cc12)NC1CCc2nc(CC)nn2C1.I. The normalized spacial score (nSPS) is 16.2. The molecular weight excluding hydrogens is 496 g/mol. The number of nitrogens with one attached hydrogen (secondary N) is 3. The van der Waals surface area contributed by atoms with Crippen LogP contribution < -0.4 is 10.6 Å². The van der Waals surface area contributed by atoms with Crippen molar-refractivity contribution >= 4 is 40.8 Å². The zero-order valence-electron chi connectivity index (χ0n) is 17.4. The summed E-state index contributed by atoms with van der Waals surface area (Å²) < 4.78 is 15.6. The highest BCUT2D eigenvalue weighted by molar-refractivity contribution is 14.0. The lowest BCUT2D eigenvalue weighted by atomic mass is 10.1. The number of aryl methyl sites for hydroxylation is 2. The van der Waals surface area contributed by atoms with E-state index in [9.17, 15) is 4.39 Å². The van der Waals surface area contributed by atoms with E-state index in [4.69, 9.17) is 4.99 Å². The first kappa shape index (κ1) is 22.5. The van der Waals surface area contributed by atoms with Crippen LogP contribution in [0.4, 0.5) is 4.39 Å². The first-order valence-corrected chi connectivity index (χ1v) is 10.4. The standard InChI is InChI=1S/C21H28FN7.HI/c1-3-19-27-20-8-6-16(13-29(20)28-19)26-21(23-4-2)24-10-9-14-12-25-18-7-5-15(22)11-17(14)18;/h5,7,11-12,16,25H,3-4,6,8-10,13H2,1-2H3,(H2,23,24,26);1H. The molecule has 0 amide bonds. The van der Waals surface area contributed by atoms with E-state index in [1.54, 1.807) is 12.1 Å². The molecule has 3 aromatic rings. The molecule has 0 saturated heterocycles. The van der Waals surface area contributed by atoms with Crippen LogP contribution in [0, 0.1) is 5.82 Å². The van der Waals surface area contributed by atoms with E-state index in [0.717, 1.165) is 72.8 Å². The Labute approximate surface area is 193 Å². The van der Waals surface area contributed by atoms with Gasteiger partial charge < -0.3 is 15.6 Å². The maximum Gasteiger partial charge on any atom is 0.191 e. The molecular formula is C21H29FIN7. The van der Waals surface area contributed by atoms with Crippen molar-refractivity contribution in [2.45, 2.75) is 52.1 Å². The van der Waals surface area contributed by atoms with Gasteiger partial charge in [0.1, 0.15) is 11.6 Å². The predicted octanol–water partition coefficient (Wildman–Crippen LogP) is 3.19. The summed E-state index contributed by atoms with van der Waals surface area (Å²) in [5.41, 5.74) is 2.03. The van der Waals surface area contributed by atoms with Crippen molar-refractivity contribution in [1.29, 1.82) is 0 Å². The molecule has 3 heterocycles. The maximum absolute atomic E-state index is 13.6. The Hall–Kier alpha value is -2.17. The minimum absolute atomic E-state index is 0. The Morgan fingerprint density at radius 3 is 3.03 bits per heavy atom. The Morgan fingerprint density at radius 1 is 1.37 bits per heavy atom. The van der Waals surface area contributed by atoms with Crippen molar-refractivity contribution in [2.24, 2.45) is 4.99 Å². The summed E-state index contributed by atoms with van der Waals surface area (Å²) >= 11 is 0. The molecule has 30 heavy (non-hydrogen) atoms. The van der Waals surface area contributed by atoms with E-state index in [1.807, 2.05) is 10.9 Å². The van der Waals surface area contributed by atoms with Crippen molar-refractivity contribution in [3.8, 4) is 0 Å². The van der Waals surface area contributed by atoms with Gasteiger partial charge in [-0.25, -0.2) is 14.1 Å². The van der Waals surface area contributed by atoms with Crippen molar-refractivity contribution in [2.75, 3.05) is 13.1 Å². The zero-order valence-corrected chi connectivity index (χ0v) is 19.7. The van der Waals surface area contributed by atoms with Gasteiger partial charge >= 0.3 is 0 Å². The zero-order chi connectivity index (χ0) is 20.2. The summed E-state index contributed by atoms with van der Waals surface area (Å²) in [6, 6.07) is 5.10. The fourth-order valence-corrected chi connectivity index (χ4v) is 3.79. The van der Waals surface area contributed by atoms with Crippen LogP contribution in [-0.2, 0) is 25.8 Å². The molecule has 0 fully saturated rings. The second kappa shape index (κ2) is 10.2. The van der Waals surface area contributed by atoms with Crippen LogP contribution in [-0.4, -0.2) is 44.8 Å². The highest BCUT2D eigenvalue weighted by atomic mass is 127. The number of aromatic nitrogens is 4. The van der Waals surface area contributed by atoms with E-state index in [1.165, 1.54) is 6.07 Å². The Morgan fingerprint density at radius 2 is 2.23 bits per heavy atom. The quantitative estimate of drug-likeness (QED) is 0.262. The molecule has 0 radical (unpaired) electrons. The monoisotopic (exact) mass is 525 g/mol. The number of benzene rings is 1.